The highest BCUT2D eigenvalue weighted by atomic mass is 35.5. The predicted molar refractivity (Wildman–Crippen MR) is 92.2 cm³/mol. The molecule has 0 fully saturated rings. The van der Waals surface area contributed by atoms with Gasteiger partial charge >= 0.3 is 6.36 Å². The number of nitrogens with zero attached hydrogens (tertiary/aromatic N) is 2. The van der Waals surface area contributed by atoms with Crippen molar-refractivity contribution >= 4 is 35.1 Å². The maximum Gasteiger partial charge on any atom is 0.573 e. The Balaban J connectivity index is 2.38. The minimum absolute atomic E-state index is 0.0790. The smallest absolute Gasteiger partial charge is 0.404 e. The van der Waals surface area contributed by atoms with Crippen LogP contribution in [0.1, 0.15) is 17.3 Å². The number of benzene rings is 1. The second-order valence-electron chi connectivity index (χ2n) is 5.39. The summed E-state index contributed by atoms with van der Waals surface area (Å²) >= 11 is 6.10. The van der Waals surface area contributed by atoms with Crippen molar-refractivity contribution in [3.63, 3.8) is 0 Å². The van der Waals surface area contributed by atoms with Gasteiger partial charge in [-0.25, -0.2) is 5.53 Å². The highest BCUT2D eigenvalue weighted by Gasteiger charge is 2.34. The maximum atomic E-state index is 12.7. The van der Waals surface area contributed by atoms with Gasteiger partial charge in [-0.2, -0.15) is 0 Å². The van der Waals surface area contributed by atoms with E-state index < -0.39 is 40.7 Å². The number of rotatable bonds is 5. The molecule has 0 saturated heterocycles. The minimum Gasteiger partial charge on any atom is -0.404 e. The molecule has 1 aromatic carbocycles. The average Bonchev–Trinajstić information content (AvgIpc) is 3.00. The molecule has 14 heteroatoms. The van der Waals surface area contributed by atoms with E-state index >= 15 is 0 Å². The molecule has 0 spiro atoms. The lowest BCUT2D eigenvalue weighted by molar-refractivity contribution is -0.274. The molecule has 1 aliphatic rings. The van der Waals surface area contributed by atoms with Crippen LogP contribution in [0.3, 0.4) is 0 Å². The third-order valence-corrected chi connectivity index (χ3v) is 3.86. The number of nitrogens with one attached hydrogen (secondary N) is 4. The van der Waals surface area contributed by atoms with Crippen LogP contribution in [0.2, 0.25) is 5.02 Å². The Hall–Kier alpha value is -2.77. The molecule has 1 unspecified atom stereocenters. The third kappa shape index (κ3) is 5.15. The first kappa shape index (κ1) is 21.5. The van der Waals surface area contributed by atoms with E-state index in [1.54, 1.807) is 7.05 Å². The van der Waals surface area contributed by atoms with Crippen molar-refractivity contribution in [3.8, 4) is 5.75 Å². The van der Waals surface area contributed by atoms with Gasteiger partial charge in [0.25, 0.3) is 11.8 Å². The monoisotopic (exact) mass is 424 g/mol. The predicted octanol–water partition coefficient (Wildman–Crippen LogP) is 1.17. The van der Waals surface area contributed by atoms with Gasteiger partial charge in [0.1, 0.15) is 11.8 Å². The number of alkyl halides is 3. The summed E-state index contributed by atoms with van der Waals surface area (Å²) in [6.45, 7) is 1.37. The summed E-state index contributed by atoms with van der Waals surface area (Å²) in [6, 6.07) is 1.88. The first-order valence-electron chi connectivity index (χ1n) is 7.58. The molecule has 1 aromatic rings. The van der Waals surface area contributed by atoms with E-state index in [4.69, 9.17) is 16.3 Å². The van der Waals surface area contributed by atoms with Crippen LogP contribution >= 0.6 is 11.6 Å². The van der Waals surface area contributed by atoms with E-state index in [0.29, 0.717) is 0 Å². The lowest BCUT2D eigenvalue weighted by atomic mass is 10.1. The fourth-order valence-electron chi connectivity index (χ4n) is 1.95. The van der Waals surface area contributed by atoms with Gasteiger partial charge in [0.05, 0.1) is 10.6 Å². The molecular formula is C14H16ClF3N6O4. The summed E-state index contributed by atoms with van der Waals surface area (Å²) in [7, 11) is 2.78. The number of hydrogen-bond donors (Lipinski definition) is 4. The second kappa shape index (κ2) is 8.50. The Morgan fingerprint density at radius 1 is 1.32 bits per heavy atom. The second-order valence-corrected chi connectivity index (χ2v) is 5.77. The molecule has 0 aromatic heterocycles. The molecule has 2 rings (SSSR count). The number of carbonyl (C=O) groups is 2. The highest BCUT2D eigenvalue weighted by molar-refractivity contribution is 6.37. The molecule has 2 amide bonds. The molecule has 1 aliphatic heterocycles. The third-order valence-electron chi connectivity index (χ3n) is 3.47. The SMILES string of the molecule is COC(C)C(=O)Nc1c(OC(F)(F)F)ccc(C(=O)NC2=NNNN2C)c1Cl. The van der Waals surface area contributed by atoms with Crippen molar-refractivity contribution in [1.82, 2.24) is 21.4 Å². The van der Waals surface area contributed by atoms with Crippen LogP contribution in [0.4, 0.5) is 18.9 Å². The summed E-state index contributed by atoms with van der Waals surface area (Å²) in [5.41, 5.74) is 4.18. The van der Waals surface area contributed by atoms with Gasteiger partial charge in [0.15, 0.2) is 5.75 Å². The quantitative estimate of drug-likeness (QED) is 0.560. The normalized spacial score (nSPS) is 14.8. The number of amides is 2. The molecule has 10 nitrogen and oxygen atoms in total. The first-order chi connectivity index (χ1) is 13.0. The number of hydrazone groups is 1. The Labute approximate surface area is 161 Å². The van der Waals surface area contributed by atoms with Gasteiger partial charge in [-0.3, -0.25) is 19.9 Å². The lowest BCUT2D eigenvalue weighted by Gasteiger charge is -2.19. The van der Waals surface area contributed by atoms with Crippen LogP contribution < -0.4 is 26.4 Å². The van der Waals surface area contributed by atoms with E-state index in [2.05, 4.69) is 31.5 Å². The first-order valence-corrected chi connectivity index (χ1v) is 7.96. The van der Waals surface area contributed by atoms with Crippen molar-refractivity contribution < 1.29 is 32.2 Å². The van der Waals surface area contributed by atoms with Gasteiger partial charge in [-0.1, -0.05) is 11.6 Å². The Morgan fingerprint density at radius 3 is 2.54 bits per heavy atom. The van der Waals surface area contributed by atoms with E-state index in [-0.39, 0.29) is 11.5 Å². The van der Waals surface area contributed by atoms with E-state index in [1.165, 1.54) is 19.0 Å². The van der Waals surface area contributed by atoms with E-state index in [9.17, 15) is 22.8 Å². The van der Waals surface area contributed by atoms with Crippen molar-refractivity contribution in [3.05, 3.63) is 22.7 Å². The van der Waals surface area contributed by atoms with Gasteiger partial charge in [-0.05, 0) is 19.1 Å². The molecular weight excluding hydrogens is 409 g/mol. The summed E-state index contributed by atoms with van der Waals surface area (Å²) in [6.07, 6.45) is -6.04. The maximum absolute atomic E-state index is 12.7. The summed E-state index contributed by atoms with van der Waals surface area (Å²) in [5.74, 6) is -2.28. The topological polar surface area (TPSA) is 116 Å². The molecule has 28 heavy (non-hydrogen) atoms. The van der Waals surface area contributed by atoms with Gasteiger partial charge in [0, 0.05) is 14.2 Å². The zero-order valence-electron chi connectivity index (χ0n) is 14.8. The summed E-state index contributed by atoms with van der Waals surface area (Å²) < 4.78 is 46.7. The number of hydrazine groups is 2. The Kier molecular flexibility index (Phi) is 6.53. The van der Waals surface area contributed by atoms with Gasteiger partial charge < -0.3 is 14.8 Å². The van der Waals surface area contributed by atoms with E-state index in [0.717, 1.165) is 12.1 Å². The molecule has 0 saturated carbocycles. The number of halogens is 4. The number of ether oxygens (including phenoxy) is 2. The molecule has 0 radical (unpaired) electrons. The Bertz CT molecular complexity index is 804. The molecule has 0 aliphatic carbocycles. The molecule has 1 heterocycles. The van der Waals surface area contributed by atoms with Crippen molar-refractivity contribution in [2.45, 2.75) is 19.4 Å². The number of anilines is 1. The molecule has 154 valence electrons. The van der Waals surface area contributed by atoms with Crippen LogP contribution in [-0.4, -0.2) is 49.4 Å². The zero-order valence-corrected chi connectivity index (χ0v) is 15.5. The fraction of sp³-hybridized carbons (Fsp3) is 0.357. The number of guanidine groups is 1. The lowest BCUT2D eigenvalue weighted by Crippen LogP contribution is -2.45. The Morgan fingerprint density at radius 2 is 2.00 bits per heavy atom. The average molecular weight is 425 g/mol. The van der Waals surface area contributed by atoms with Crippen LogP contribution in [-0.2, 0) is 9.53 Å². The van der Waals surface area contributed by atoms with Crippen molar-refractivity contribution in [2.24, 2.45) is 5.10 Å². The van der Waals surface area contributed by atoms with Crippen LogP contribution in [0.5, 0.6) is 5.75 Å². The standard InChI is InChI=1S/C14H16ClF3N6O4/c1-6(27-3)11(25)19-10-8(28-14(16,17)18)5-4-7(9(10)15)12(26)20-13-21-22-23-24(13)2/h4-6,22-23H,1-3H3,(H,19,25)(H,20,21,26). The zero-order chi connectivity index (χ0) is 21.1. The fourth-order valence-corrected chi connectivity index (χ4v) is 2.24. The largest absolute Gasteiger partial charge is 0.573 e. The molecule has 0 bridgehead atoms. The van der Waals surface area contributed by atoms with Gasteiger partial charge in [0.2, 0.25) is 5.96 Å². The van der Waals surface area contributed by atoms with E-state index in [1.807, 2.05) is 0 Å². The van der Waals surface area contributed by atoms with Crippen LogP contribution in [0, 0.1) is 0 Å². The number of hydrogen-bond acceptors (Lipinski definition) is 8. The van der Waals surface area contributed by atoms with Crippen molar-refractivity contribution in [2.75, 3.05) is 19.5 Å². The molecule has 1 atom stereocenters. The number of carbonyl (C=O) groups excluding carboxylic acids is 2. The van der Waals surface area contributed by atoms with Crippen LogP contribution in [0.15, 0.2) is 17.2 Å². The van der Waals surface area contributed by atoms with Crippen LogP contribution in [0.25, 0.3) is 0 Å². The highest BCUT2D eigenvalue weighted by Crippen LogP contribution is 2.38. The summed E-state index contributed by atoms with van der Waals surface area (Å²) in [5, 5.41) is 9.18. The summed E-state index contributed by atoms with van der Waals surface area (Å²) in [4.78, 5) is 24.5. The number of methoxy groups -OCH3 is 1. The van der Waals surface area contributed by atoms with Crippen molar-refractivity contribution in [1.29, 1.82) is 0 Å². The minimum atomic E-state index is -5.04. The van der Waals surface area contributed by atoms with Gasteiger partial charge in [-0.15, -0.1) is 23.8 Å². The molecule has 4 N–H and O–H groups in total.